The van der Waals surface area contributed by atoms with Crippen LogP contribution in [-0.2, 0) is 4.74 Å². The predicted molar refractivity (Wildman–Crippen MR) is 77.1 cm³/mol. The summed E-state index contributed by atoms with van der Waals surface area (Å²) in [7, 11) is 1.66. The van der Waals surface area contributed by atoms with Crippen LogP contribution >= 0.6 is 11.8 Å². The van der Waals surface area contributed by atoms with Crippen LogP contribution in [0.2, 0.25) is 0 Å². The monoisotopic (exact) mass is 274 g/mol. The van der Waals surface area contributed by atoms with E-state index in [4.69, 9.17) is 4.74 Å². The molecule has 106 valence electrons. The molecule has 1 saturated heterocycles. The van der Waals surface area contributed by atoms with Gasteiger partial charge >= 0.3 is 6.03 Å². The minimum absolute atomic E-state index is 0.0686. The highest BCUT2D eigenvalue weighted by Crippen LogP contribution is 2.36. The van der Waals surface area contributed by atoms with Crippen LogP contribution in [0, 0.1) is 5.92 Å². The molecule has 0 aromatic heterocycles. The molecule has 1 aliphatic rings. The molecule has 18 heavy (non-hydrogen) atoms. The Bertz CT molecular complexity index is 266. The maximum atomic E-state index is 11.8. The first-order valence-corrected chi connectivity index (χ1v) is 7.63. The first-order valence-electron chi connectivity index (χ1n) is 6.64. The number of hydrogen-bond donors (Lipinski definition) is 2. The normalized spacial score (nSPS) is 25.2. The molecule has 2 atom stereocenters. The SMILES string of the molecule is COC[C@@H](NC(=O)NC[C@]1(C)CCCS1)C(C)C. The third-order valence-corrected chi connectivity index (χ3v) is 4.93. The average Bonchev–Trinajstić information content (AvgIpc) is 2.73. The molecule has 0 aliphatic carbocycles. The number of hydrogen-bond acceptors (Lipinski definition) is 3. The smallest absolute Gasteiger partial charge is 0.315 e. The van der Waals surface area contributed by atoms with Crippen molar-refractivity contribution in [2.75, 3.05) is 26.0 Å². The number of thioether (sulfide) groups is 1. The summed E-state index contributed by atoms with van der Waals surface area (Å²) >= 11 is 1.95. The number of urea groups is 1. The second kappa shape index (κ2) is 7.24. The van der Waals surface area contributed by atoms with Crippen LogP contribution in [0.25, 0.3) is 0 Å². The van der Waals surface area contributed by atoms with Gasteiger partial charge in [0.1, 0.15) is 0 Å². The molecule has 0 bridgehead atoms. The summed E-state index contributed by atoms with van der Waals surface area (Å²) in [5.74, 6) is 1.57. The molecule has 0 saturated carbocycles. The van der Waals surface area contributed by atoms with Crippen molar-refractivity contribution in [2.45, 2.75) is 44.4 Å². The number of carbonyl (C=O) groups excluding carboxylic acids is 1. The third kappa shape index (κ3) is 5.06. The molecule has 0 spiro atoms. The molecular weight excluding hydrogens is 248 g/mol. The van der Waals surface area contributed by atoms with Gasteiger partial charge in [-0.1, -0.05) is 13.8 Å². The van der Waals surface area contributed by atoms with Crippen molar-refractivity contribution >= 4 is 17.8 Å². The van der Waals surface area contributed by atoms with Gasteiger partial charge in [-0.05, 0) is 31.4 Å². The van der Waals surface area contributed by atoms with E-state index in [9.17, 15) is 4.79 Å². The number of ether oxygens (including phenoxy) is 1. The minimum Gasteiger partial charge on any atom is -0.383 e. The zero-order chi connectivity index (χ0) is 13.6. The van der Waals surface area contributed by atoms with Crippen molar-refractivity contribution in [3.05, 3.63) is 0 Å². The lowest BCUT2D eigenvalue weighted by Gasteiger charge is -2.25. The summed E-state index contributed by atoms with van der Waals surface area (Å²) in [5, 5.41) is 5.96. The van der Waals surface area contributed by atoms with Gasteiger partial charge in [0.15, 0.2) is 0 Å². The number of nitrogens with one attached hydrogen (secondary N) is 2. The zero-order valence-corrected chi connectivity index (χ0v) is 12.7. The molecule has 0 radical (unpaired) electrons. The van der Waals surface area contributed by atoms with Gasteiger partial charge in [-0.2, -0.15) is 11.8 Å². The average molecular weight is 274 g/mol. The van der Waals surface area contributed by atoms with Crippen molar-refractivity contribution in [2.24, 2.45) is 5.92 Å². The Balaban J connectivity index is 2.31. The molecule has 1 heterocycles. The molecule has 5 heteroatoms. The molecule has 2 amide bonds. The number of rotatable bonds is 6. The lowest BCUT2D eigenvalue weighted by molar-refractivity contribution is 0.147. The van der Waals surface area contributed by atoms with Crippen molar-refractivity contribution < 1.29 is 9.53 Å². The molecule has 1 rings (SSSR count). The van der Waals surface area contributed by atoms with Crippen LogP contribution < -0.4 is 10.6 Å². The summed E-state index contributed by atoms with van der Waals surface area (Å²) in [6, 6.07) is -0.0153. The second-order valence-corrected chi connectivity index (χ2v) is 7.22. The molecule has 2 N–H and O–H groups in total. The van der Waals surface area contributed by atoms with Gasteiger partial charge in [0.25, 0.3) is 0 Å². The van der Waals surface area contributed by atoms with Crippen LogP contribution in [0.15, 0.2) is 0 Å². The van der Waals surface area contributed by atoms with Gasteiger partial charge in [0.05, 0.1) is 12.6 Å². The van der Waals surface area contributed by atoms with Crippen LogP contribution in [0.5, 0.6) is 0 Å². The fourth-order valence-corrected chi connectivity index (χ4v) is 3.29. The van der Waals surface area contributed by atoms with Gasteiger partial charge in [-0.3, -0.25) is 0 Å². The van der Waals surface area contributed by atoms with Crippen molar-refractivity contribution in [3.63, 3.8) is 0 Å². The maximum absolute atomic E-state index is 11.8. The van der Waals surface area contributed by atoms with Crippen LogP contribution in [0.3, 0.4) is 0 Å². The van der Waals surface area contributed by atoms with E-state index < -0.39 is 0 Å². The first-order chi connectivity index (χ1) is 8.47. The van der Waals surface area contributed by atoms with Crippen LogP contribution in [-0.4, -0.2) is 42.8 Å². The van der Waals surface area contributed by atoms with Gasteiger partial charge < -0.3 is 15.4 Å². The fraction of sp³-hybridized carbons (Fsp3) is 0.923. The summed E-state index contributed by atoms with van der Waals surface area (Å²) in [6.45, 7) is 7.68. The summed E-state index contributed by atoms with van der Waals surface area (Å²) in [5.41, 5.74) is 0. The summed E-state index contributed by atoms with van der Waals surface area (Å²) in [6.07, 6.45) is 2.44. The van der Waals surface area contributed by atoms with Crippen molar-refractivity contribution in [3.8, 4) is 0 Å². The van der Waals surface area contributed by atoms with E-state index in [0.29, 0.717) is 12.5 Å². The molecule has 1 aliphatic heterocycles. The van der Waals surface area contributed by atoms with E-state index in [0.717, 1.165) is 6.54 Å². The summed E-state index contributed by atoms with van der Waals surface area (Å²) < 4.78 is 5.33. The van der Waals surface area contributed by atoms with Gasteiger partial charge in [-0.25, -0.2) is 4.79 Å². The Labute approximate surface area is 115 Å². The Morgan fingerprint density at radius 2 is 2.22 bits per heavy atom. The molecule has 0 aromatic rings. The van der Waals surface area contributed by atoms with E-state index in [1.165, 1.54) is 18.6 Å². The number of methoxy groups -OCH3 is 1. The second-order valence-electron chi connectivity index (χ2n) is 5.53. The zero-order valence-electron chi connectivity index (χ0n) is 11.9. The highest BCUT2D eigenvalue weighted by atomic mass is 32.2. The molecular formula is C13H26N2O2S. The molecule has 4 nitrogen and oxygen atoms in total. The summed E-state index contributed by atoms with van der Waals surface area (Å²) in [4.78, 5) is 11.8. The maximum Gasteiger partial charge on any atom is 0.315 e. The largest absolute Gasteiger partial charge is 0.383 e. The van der Waals surface area contributed by atoms with Crippen molar-refractivity contribution in [1.29, 1.82) is 0 Å². The Hall–Kier alpha value is -0.420. The van der Waals surface area contributed by atoms with Gasteiger partial charge in [-0.15, -0.1) is 0 Å². The topological polar surface area (TPSA) is 50.4 Å². The van der Waals surface area contributed by atoms with Crippen LogP contribution in [0.4, 0.5) is 4.79 Å². The van der Waals surface area contributed by atoms with E-state index in [1.54, 1.807) is 7.11 Å². The lowest BCUT2D eigenvalue weighted by atomic mass is 10.1. The quantitative estimate of drug-likeness (QED) is 0.781. The van der Waals surface area contributed by atoms with E-state index in [2.05, 4.69) is 31.4 Å². The van der Waals surface area contributed by atoms with Gasteiger partial charge in [0, 0.05) is 18.4 Å². The molecule has 1 fully saturated rings. The van der Waals surface area contributed by atoms with Gasteiger partial charge in [0.2, 0.25) is 0 Å². The Kier molecular flexibility index (Phi) is 6.29. The van der Waals surface area contributed by atoms with E-state index in [-0.39, 0.29) is 16.8 Å². The predicted octanol–water partition coefficient (Wildman–Crippen LogP) is 2.24. The molecule has 0 unspecified atom stereocenters. The van der Waals surface area contributed by atoms with Crippen LogP contribution in [0.1, 0.15) is 33.6 Å². The third-order valence-electron chi connectivity index (χ3n) is 3.39. The van der Waals surface area contributed by atoms with E-state index in [1.807, 2.05) is 11.8 Å². The Morgan fingerprint density at radius 1 is 1.50 bits per heavy atom. The lowest BCUT2D eigenvalue weighted by Crippen LogP contribution is -2.49. The minimum atomic E-state index is -0.0838. The fourth-order valence-electron chi connectivity index (χ4n) is 2.04. The highest BCUT2D eigenvalue weighted by molar-refractivity contribution is 8.00. The molecule has 0 aromatic carbocycles. The Morgan fingerprint density at radius 3 is 2.72 bits per heavy atom. The standard InChI is InChI=1S/C13H26N2O2S/c1-10(2)11(8-17-4)15-12(16)14-9-13(3)6-5-7-18-13/h10-11H,5-9H2,1-4H3,(H2,14,15,16)/t11-,13+/m1/s1. The number of amides is 2. The van der Waals surface area contributed by atoms with Crippen molar-refractivity contribution in [1.82, 2.24) is 10.6 Å². The van der Waals surface area contributed by atoms with E-state index >= 15 is 0 Å². The first kappa shape index (κ1) is 15.6. The number of carbonyl (C=O) groups is 1. The highest BCUT2D eigenvalue weighted by Gasteiger charge is 2.30.